The zero-order valence-electron chi connectivity index (χ0n) is 23.9. The number of urea groups is 2. The van der Waals surface area contributed by atoms with Crippen molar-refractivity contribution in [3.63, 3.8) is 0 Å². The van der Waals surface area contributed by atoms with E-state index in [1.807, 2.05) is 24.3 Å². The van der Waals surface area contributed by atoms with Crippen molar-refractivity contribution in [3.8, 4) is 6.07 Å². The zero-order chi connectivity index (χ0) is 30.7. The van der Waals surface area contributed by atoms with Crippen molar-refractivity contribution in [1.29, 1.82) is 5.26 Å². The molecule has 3 aliphatic rings. The third-order valence-electron chi connectivity index (χ3n) is 8.48. The first kappa shape index (κ1) is 30.1. The van der Waals surface area contributed by atoms with Crippen LogP contribution in [-0.2, 0) is 14.3 Å². The third kappa shape index (κ3) is 6.09. The summed E-state index contributed by atoms with van der Waals surface area (Å²) in [5.74, 6) is -2.82. The molecule has 43 heavy (non-hydrogen) atoms. The number of hydrogen-bond acceptors (Lipinski definition) is 7. The van der Waals surface area contributed by atoms with Crippen LogP contribution in [0.25, 0.3) is 0 Å². The van der Waals surface area contributed by atoms with Crippen molar-refractivity contribution in [2.75, 3.05) is 33.9 Å². The summed E-state index contributed by atoms with van der Waals surface area (Å²) in [6.45, 7) is 0.972. The minimum atomic E-state index is -1.39. The van der Waals surface area contributed by atoms with Gasteiger partial charge in [-0.15, -0.1) is 0 Å². The van der Waals surface area contributed by atoms with Gasteiger partial charge in [-0.25, -0.2) is 28.1 Å². The van der Waals surface area contributed by atoms with Crippen molar-refractivity contribution in [1.82, 2.24) is 20.4 Å². The monoisotopic (exact) mass is 593 g/mol. The Morgan fingerprint density at radius 1 is 1.07 bits per heavy atom. The Kier molecular flexibility index (Phi) is 9.03. The maximum Gasteiger partial charge on any atom is 0.338 e. The molecule has 0 radical (unpaired) electrons. The molecule has 0 bridgehead atoms. The van der Waals surface area contributed by atoms with Crippen LogP contribution in [0.5, 0.6) is 0 Å². The predicted molar refractivity (Wildman–Crippen MR) is 150 cm³/mol. The number of halogens is 2. The van der Waals surface area contributed by atoms with Gasteiger partial charge in [-0.2, -0.15) is 5.26 Å². The molecule has 0 spiro atoms. The number of carbonyl (C=O) groups is 3. The SMILES string of the molecule is COCC1=C(C(=O)OC)[C@H](c2ccc(F)c(F)c2)N(C(=O)NC2CN(C3CCC(c4ccccc4C#N)CC3)C2)C(=O)N1. The number of esters is 1. The van der Waals surface area contributed by atoms with Crippen LogP contribution in [0.2, 0.25) is 0 Å². The molecule has 1 aliphatic carbocycles. The molecule has 5 rings (SSSR count). The molecule has 0 aromatic heterocycles. The molecule has 1 saturated carbocycles. The van der Waals surface area contributed by atoms with Crippen LogP contribution in [0, 0.1) is 23.0 Å². The van der Waals surface area contributed by atoms with Gasteiger partial charge in [0.15, 0.2) is 11.6 Å². The summed E-state index contributed by atoms with van der Waals surface area (Å²) < 4.78 is 38.1. The van der Waals surface area contributed by atoms with E-state index in [9.17, 15) is 28.4 Å². The smallest absolute Gasteiger partial charge is 0.338 e. The topological polar surface area (TPSA) is 124 Å². The van der Waals surface area contributed by atoms with Gasteiger partial charge in [0.1, 0.15) is 6.04 Å². The van der Waals surface area contributed by atoms with Crippen molar-refractivity contribution < 1.29 is 32.6 Å². The number of rotatable bonds is 7. The lowest BCUT2D eigenvalue weighted by molar-refractivity contribution is -0.137. The van der Waals surface area contributed by atoms with Gasteiger partial charge in [0.05, 0.1) is 42.7 Å². The standard InChI is InChI=1S/C31H33F2N5O5/c1-42-17-26-27(29(39)43-2)28(19-9-12-24(32)25(33)13-19)38(31(41)36-26)30(40)35-21-15-37(16-21)22-10-7-18(8-11-22)23-6-4-3-5-20(23)14-34/h3-6,9,12-13,18,21-22,28H,7-8,10-11,15-17H2,1-2H3,(H,35,40)(H,36,41)/t18?,22?,28-/m0/s1. The molecule has 226 valence electrons. The molecule has 0 unspecified atom stereocenters. The van der Waals surface area contributed by atoms with Gasteiger partial charge in [-0.3, -0.25) is 4.90 Å². The molecule has 2 fully saturated rings. The molecular weight excluding hydrogens is 560 g/mol. The summed E-state index contributed by atoms with van der Waals surface area (Å²) in [5, 5.41) is 14.8. The van der Waals surface area contributed by atoms with E-state index in [1.165, 1.54) is 13.2 Å². The molecule has 4 amide bonds. The number of methoxy groups -OCH3 is 2. The van der Waals surface area contributed by atoms with Gasteiger partial charge in [0.25, 0.3) is 0 Å². The number of ether oxygens (including phenoxy) is 2. The normalized spacial score (nSPS) is 22.8. The molecule has 2 N–H and O–H groups in total. The van der Waals surface area contributed by atoms with E-state index in [4.69, 9.17) is 9.47 Å². The molecule has 1 atom stereocenters. The Hall–Kier alpha value is -4.34. The van der Waals surface area contributed by atoms with E-state index in [0.717, 1.165) is 61.0 Å². The van der Waals surface area contributed by atoms with Gasteiger partial charge in [-0.1, -0.05) is 24.3 Å². The van der Waals surface area contributed by atoms with Crippen LogP contribution >= 0.6 is 0 Å². The number of likely N-dealkylation sites (tertiary alicyclic amines) is 1. The van der Waals surface area contributed by atoms with Crippen LogP contribution in [0.1, 0.15) is 54.3 Å². The lowest BCUT2D eigenvalue weighted by Crippen LogP contribution is -2.65. The van der Waals surface area contributed by atoms with Crippen molar-refractivity contribution in [2.24, 2.45) is 0 Å². The highest BCUT2D eigenvalue weighted by molar-refractivity contribution is 6.01. The van der Waals surface area contributed by atoms with Crippen LogP contribution < -0.4 is 10.6 Å². The van der Waals surface area contributed by atoms with Crippen LogP contribution in [0.15, 0.2) is 53.7 Å². The minimum absolute atomic E-state index is 0.0165. The Balaban J connectivity index is 1.27. The first-order chi connectivity index (χ1) is 20.7. The van der Waals surface area contributed by atoms with E-state index in [0.29, 0.717) is 25.0 Å². The molecule has 1 saturated heterocycles. The largest absolute Gasteiger partial charge is 0.466 e. The van der Waals surface area contributed by atoms with E-state index in [-0.39, 0.29) is 29.5 Å². The Labute approximate surface area is 248 Å². The maximum absolute atomic E-state index is 14.3. The molecule has 2 aliphatic heterocycles. The first-order valence-corrected chi connectivity index (χ1v) is 14.1. The Morgan fingerprint density at radius 3 is 2.44 bits per heavy atom. The number of nitrogens with zero attached hydrogens (tertiary/aromatic N) is 3. The maximum atomic E-state index is 14.3. The minimum Gasteiger partial charge on any atom is -0.466 e. The average molecular weight is 594 g/mol. The van der Waals surface area contributed by atoms with Crippen molar-refractivity contribution in [3.05, 3.63) is 82.1 Å². The van der Waals surface area contributed by atoms with Gasteiger partial charge in [0, 0.05) is 26.2 Å². The molecule has 12 heteroatoms. The zero-order valence-corrected chi connectivity index (χ0v) is 23.9. The van der Waals surface area contributed by atoms with Crippen LogP contribution in [0.4, 0.5) is 18.4 Å². The fraction of sp³-hybridized carbons (Fsp3) is 0.419. The number of nitriles is 1. The summed E-state index contributed by atoms with van der Waals surface area (Å²) in [4.78, 5) is 42.7. The predicted octanol–water partition coefficient (Wildman–Crippen LogP) is 4.10. The van der Waals surface area contributed by atoms with Crippen molar-refractivity contribution >= 4 is 18.0 Å². The summed E-state index contributed by atoms with van der Waals surface area (Å²) in [5.41, 5.74) is 1.76. The second-order valence-corrected chi connectivity index (χ2v) is 11.0. The summed E-state index contributed by atoms with van der Waals surface area (Å²) in [6, 6.07) is 10.0. The Bertz CT molecular complexity index is 1480. The number of carbonyl (C=O) groups excluding carboxylic acids is 3. The number of hydrogen-bond donors (Lipinski definition) is 2. The van der Waals surface area contributed by atoms with E-state index >= 15 is 0 Å². The Morgan fingerprint density at radius 2 is 1.79 bits per heavy atom. The van der Waals surface area contributed by atoms with Gasteiger partial charge >= 0.3 is 18.0 Å². The molecule has 10 nitrogen and oxygen atoms in total. The summed E-state index contributed by atoms with van der Waals surface area (Å²) in [6.07, 6.45) is 3.86. The van der Waals surface area contributed by atoms with Gasteiger partial charge < -0.3 is 20.1 Å². The van der Waals surface area contributed by atoms with E-state index in [1.54, 1.807) is 0 Å². The lowest BCUT2D eigenvalue weighted by Gasteiger charge is -2.47. The highest BCUT2D eigenvalue weighted by Gasteiger charge is 2.45. The number of amides is 4. The van der Waals surface area contributed by atoms with E-state index < -0.39 is 35.7 Å². The fourth-order valence-corrected chi connectivity index (χ4v) is 6.33. The van der Waals surface area contributed by atoms with E-state index in [2.05, 4.69) is 21.6 Å². The second-order valence-electron chi connectivity index (χ2n) is 11.0. The number of imide groups is 1. The molecule has 2 heterocycles. The number of benzene rings is 2. The van der Waals surface area contributed by atoms with Crippen LogP contribution in [0.3, 0.4) is 0 Å². The first-order valence-electron chi connectivity index (χ1n) is 14.1. The molecule has 2 aromatic rings. The molecule has 2 aromatic carbocycles. The van der Waals surface area contributed by atoms with Gasteiger partial charge in [-0.05, 0) is 60.9 Å². The quantitative estimate of drug-likeness (QED) is 0.464. The van der Waals surface area contributed by atoms with Crippen LogP contribution in [-0.4, -0.2) is 73.8 Å². The highest BCUT2D eigenvalue weighted by Crippen LogP contribution is 2.38. The fourth-order valence-electron chi connectivity index (χ4n) is 6.33. The second kappa shape index (κ2) is 12.9. The molecular formula is C31H33F2N5O5. The van der Waals surface area contributed by atoms with Crippen molar-refractivity contribution in [2.45, 2.75) is 49.7 Å². The third-order valence-corrected chi connectivity index (χ3v) is 8.48. The summed E-state index contributed by atoms with van der Waals surface area (Å²) in [7, 11) is 2.50. The lowest BCUT2D eigenvalue weighted by atomic mass is 9.79. The highest BCUT2D eigenvalue weighted by atomic mass is 19.2. The van der Waals surface area contributed by atoms with Gasteiger partial charge in [0.2, 0.25) is 0 Å². The number of nitrogens with one attached hydrogen (secondary N) is 2. The average Bonchev–Trinajstić information content (AvgIpc) is 2.99. The summed E-state index contributed by atoms with van der Waals surface area (Å²) >= 11 is 0.